The Morgan fingerprint density at radius 1 is 1.38 bits per heavy atom. The number of hydrogen-bond donors (Lipinski definition) is 1. The van der Waals surface area contributed by atoms with Crippen LogP contribution in [0.4, 0.5) is 13.2 Å². The molecule has 118 valence electrons. The molecule has 1 N–H and O–H groups in total. The van der Waals surface area contributed by atoms with Crippen LogP contribution in [0.15, 0.2) is 18.2 Å². The third-order valence-corrected chi connectivity index (χ3v) is 3.38. The molecule has 0 aromatic heterocycles. The van der Waals surface area contributed by atoms with E-state index in [-0.39, 0.29) is 18.5 Å². The summed E-state index contributed by atoms with van der Waals surface area (Å²) in [6.45, 7) is 3.84. The summed E-state index contributed by atoms with van der Waals surface area (Å²) in [6, 6.07) is 4.20. The second-order valence-corrected chi connectivity index (χ2v) is 5.05. The Labute approximate surface area is 122 Å². The number of halogens is 3. The monoisotopic (exact) mass is 303 g/mol. The summed E-state index contributed by atoms with van der Waals surface area (Å²) in [7, 11) is 0. The molecule has 0 bridgehead atoms. The minimum absolute atomic E-state index is 0.104. The van der Waals surface area contributed by atoms with Gasteiger partial charge < -0.3 is 14.8 Å². The molecule has 1 atom stereocenters. The first-order valence-electron chi connectivity index (χ1n) is 7.16. The topological polar surface area (TPSA) is 30.5 Å². The molecule has 0 saturated carbocycles. The van der Waals surface area contributed by atoms with Gasteiger partial charge in [-0.15, -0.1) is 0 Å². The van der Waals surface area contributed by atoms with Crippen LogP contribution in [-0.2, 0) is 17.5 Å². The summed E-state index contributed by atoms with van der Waals surface area (Å²) in [5.41, 5.74) is -0.135. The van der Waals surface area contributed by atoms with Crippen molar-refractivity contribution in [1.29, 1.82) is 0 Å². The average molecular weight is 303 g/mol. The maximum absolute atomic E-state index is 13.1. The van der Waals surface area contributed by atoms with Gasteiger partial charge >= 0.3 is 6.18 Å². The summed E-state index contributed by atoms with van der Waals surface area (Å²) in [5.74, 6) is -0.127. The molecule has 1 fully saturated rings. The third-order valence-electron chi connectivity index (χ3n) is 3.38. The van der Waals surface area contributed by atoms with Crippen LogP contribution in [0.3, 0.4) is 0 Å². The molecule has 0 spiro atoms. The van der Waals surface area contributed by atoms with Crippen LogP contribution in [0.2, 0.25) is 0 Å². The fraction of sp³-hybridized carbons (Fsp3) is 0.600. The smallest absolute Gasteiger partial charge is 0.419 e. The van der Waals surface area contributed by atoms with Crippen molar-refractivity contribution in [2.45, 2.75) is 38.6 Å². The molecule has 1 aromatic rings. The van der Waals surface area contributed by atoms with Gasteiger partial charge in [-0.05, 0) is 37.1 Å². The minimum Gasteiger partial charge on any atom is -0.490 e. The zero-order valence-electron chi connectivity index (χ0n) is 12.0. The predicted molar refractivity (Wildman–Crippen MR) is 73.3 cm³/mol. The average Bonchev–Trinajstić information content (AvgIpc) is 2.95. The second kappa shape index (κ2) is 7.13. The van der Waals surface area contributed by atoms with Crippen molar-refractivity contribution >= 4 is 0 Å². The molecule has 0 aliphatic carbocycles. The van der Waals surface area contributed by atoms with E-state index in [2.05, 4.69) is 5.32 Å². The van der Waals surface area contributed by atoms with Gasteiger partial charge in [0.05, 0.1) is 11.7 Å². The van der Waals surface area contributed by atoms with E-state index in [9.17, 15) is 13.2 Å². The number of alkyl halides is 3. The molecule has 3 nitrogen and oxygen atoms in total. The SMILES string of the molecule is CCNCc1ccc(OCC2CCCO2)c(C(F)(F)F)c1. The number of ether oxygens (including phenoxy) is 2. The van der Waals surface area contributed by atoms with E-state index in [1.807, 2.05) is 6.92 Å². The lowest BCUT2D eigenvalue weighted by molar-refractivity contribution is -0.139. The van der Waals surface area contributed by atoms with Crippen molar-refractivity contribution in [2.24, 2.45) is 0 Å². The van der Waals surface area contributed by atoms with Gasteiger partial charge in [-0.1, -0.05) is 13.0 Å². The lowest BCUT2D eigenvalue weighted by Gasteiger charge is -2.17. The summed E-state index contributed by atoms with van der Waals surface area (Å²) >= 11 is 0. The highest BCUT2D eigenvalue weighted by molar-refractivity contribution is 5.39. The number of rotatable bonds is 6. The number of nitrogens with one attached hydrogen (secondary N) is 1. The third kappa shape index (κ3) is 4.61. The quantitative estimate of drug-likeness (QED) is 0.874. The highest BCUT2D eigenvalue weighted by Gasteiger charge is 2.35. The fourth-order valence-electron chi connectivity index (χ4n) is 2.26. The van der Waals surface area contributed by atoms with Crippen LogP contribution in [0.1, 0.15) is 30.9 Å². The predicted octanol–water partition coefficient (Wildman–Crippen LogP) is 3.37. The summed E-state index contributed by atoms with van der Waals surface area (Å²) in [5, 5.41) is 3.01. The Morgan fingerprint density at radius 2 is 2.19 bits per heavy atom. The zero-order chi connectivity index (χ0) is 15.3. The summed E-state index contributed by atoms with van der Waals surface area (Å²) < 4.78 is 50.1. The lowest BCUT2D eigenvalue weighted by atomic mass is 10.1. The molecule has 0 radical (unpaired) electrons. The minimum atomic E-state index is -4.42. The highest BCUT2D eigenvalue weighted by Crippen LogP contribution is 2.37. The Morgan fingerprint density at radius 3 is 2.81 bits per heavy atom. The van der Waals surface area contributed by atoms with Gasteiger partial charge in [0.1, 0.15) is 12.4 Å². The fourth-order valence-corrected chi connectivity index (χ4v) is 2.26. The maximum Gasteiger partial charge on any atom is 0.419 e. The van der Waals surface area contributed by atoms with Crippen LogP contribution in [0, 0.1) is 0 Å². The van der Waals surface area contributed by atoms with Gasteiger partial charge in [0.15, 0.2) is 0 Å². The van der Waals surface area contributed by atoms with Gasteiger partial charge in [0, 0.05) is 13.2 Å². The molecule has 1 heterocycles. The van der Waals surface area contributed by atoms with Crippen LogP contribution >= 0.6 is 0 Å². The number of benzene rings is 1. The van der Waals surface area contributed by atoms with Crippen LogP contribution < -0.4 is 10.1 Å². The van der Waals surface area contributed by atoms with E-state index < -0.39 is 11.7 Å². The Kier molecular flexibility index (Phi) is 5.47. The highest BCUT2D eigenvalue weighted by atomic mass is 19.4. The van der Waals surface area contributed by atoms with E-state index in [0.717, 1.165) is 18.9 Å². The molecule has 1 saturated heterocycles. The van der Waals surface area contributed by atoms with Crippen LogP contribution in [0.5, 0.6) is 5.75 Å². The van der Waals surface area contributed by atoms with Crippen molar-refractivity contribution < 1.29 is 22.6 Å². The van der Waals surface area contributed by atoms with Gasteiger partial charge in [-0.25, -0.2) is 0 Å². The standard InChI is InChI=1S/C15H20F3NO2/c1-2-19-9-11-5-6-14(13(8-11)15(16,17)18)21-10-12-4-3-7-20-12/h5-6,8,12,19H,2-4,7,9-10H2,1H3. The molecule has 2 rings (SSSR count). The van der Waals surface area contributed by atoms with E-state index in [1.54, 1.807) is 6.07 Å². The first kappa shape index (κ1) is 16.1. The zero-order valence-corrected chi connectivity index (χ0v) is 12.0. The first-order valence-corrected chi connectivity index (χ1v) is 7.16. The number of hydrogen-bond acceptors (Lipinski definition) is 3. The van der Waals surface area contributed by atoms with Gasteiger partial charge in [-0.2, -0.15) is 13.2 Å². The van der Waals surface area contributed by atoms with Crippen molar-refractivity contribution in [1.82, 2.24) is 5.32 Å². The van der Waals surface area contributed by atoms with Crippen molar-refractivity contribution in [3.63, 3.8) is 0 Å². The second-order valence-electron chi connectivity index (χ2n) is 5.05. The first-order chi connectivity index (χ1) is 10.0. The molecule has 1 aromatic carbocycles. The van der Waals surface area contributed by atoms with Gasteiger partial charge in [0.25, 0.3) is 0 Å². The molecule has 1 aliphatic heterocycles. The van der Waals surface area contributed by atoms with Gasteiger partial charge in [0.2, 0.25) is 0 Å². The van der Waals surface area contributed by atoms with E-state index in [4.69, 9.17) is 9.47 Å². The van der Waals surface area contributed by atoms with E-state index in [0.29, 0.717) is 25.3 Å². The van der Waals surface area contributed by atoms with Crippen molar-refractivity contribution in [3.8, 4) is 5.75 Å². The molecule has 6 heteroatoms. The molecule has 1 aliphatic rings. The maximum atomic E-state index is 13.1. The van der Waals surface area contributed by atoms with Gasteiger partial charge in [-0.3, -0.25) is 0 Å². The summed E-state index contributed by atoms with van der Waals surface area (Å²) in [4.78, 5) is 0. The molecular weight excluding hydrogens is 283 g/mol. The van der Waals surface area contributed by atoms with Crippen LogP contribution in [0.25, 0.3) is 0 Å². The Bertz CT molecular complexity index is 457. The van der Waals surface area contributed by atoms with E-state index >= 15 is 0 Å². The Hall–Kier alpha value is -1.27. The molecular formula is C15H20F3NO2. The largest absolute Gasteiger partial charge is 0.490 e. The normalized spacial score (nSPS) is 19.0. The van der Waals surface area contributed by atoms with E-state index in [1.165, 1.54) is 6.07 Å². The van der Waals surface area contributed by atoms with Crippen molar-refractivity contribution in [3.05, 3.63) is 29.3 Å². The summed E-state index contributed by atoms with van der Waals surface area (Å²) in [6.07, 6.45) is -2.76. The van der Waals surface area contributed by atoms with Crippen molar-refractivity contribution in [2.75, 3.05) is 19.8 Å². The van der Waals surface area contributed by atoms with Crippen LogP contribution in [-0.4, -0.2) is 25.9 Å². The molecule has 21 heavy (non-hydrogen) atoms. The lowest BCUT2D eigenvalue weighted by Crippen LogP contribution is -2.19. The Balaban J connectivity index is 2.10. The molecule has 1 unspecified atom stereocenters. The molecule has 0 amide bonds.